The highest BCUT2D eigenvalue weighted by Gasteiger charge is 2.16. The molecule has 1 aromatic carbocycles. The van der Waals surface area contributed by atoms with Crippen LogP contribution in [0.2, 0.25) is 0 Å². The minimum absolute atomic E-state index is 0.295. The zero-order valence-electron chi connectivity index (χ0n) is 7.61. The Labute approximate surface area is 81.4 Å². The monoisotopic (exact) mass is 198 g/mol. The van der Waals surface area contributed by atoms with Gasteiger partial charge in [0.15, 0.2) is 6.29 Å². The topological polar surface area (TPSA) is 27.7 Å². The first-order valence-electron chi connectivity index (χ1n) is 4.46. The van der Waals surface area contributed by atoms with E-state index in [9.17, 15) is 4.39 Å². The van der Waals surface area contributed by atoms with Crippen molar-refractivity contribution in [1.82, 2.24) is 0 Å². The van der Waals surface area contributed by atoms with E-state index in [0.717, 1.165) is 0 Å². The number of hydrogen-bond donors (Lipinski definition) is 0. The first-order chi connectivity index (χ1) is 6.84. The third-order valence-corrected chi connectivity index (χ3v) is 1.87. The molecule has 1 fully saturated rings. The van der Waals surface area contributed by atoms with Crippen LogP contribution in [-0.2, 0) is 9.47 Å². The molecule has 4 heteroatoms. The van der Waals surface area contributed by atoms with Crippen molar-refractivity contribution >= 4 is 0 Å². The molecule has 1 aliphatic heterocycles. The summed E-state index contributed by atoms with van der Waals surface area (Å²) in [4.78, 5) is 0. The molecule has 76 valence electrons. The van der Waals surface area contributed by atoms with Crippen LogP contribution in [0.1, 0.15) is 0 Å². The van der Waals surface area contributed by atoms with E-state index in [1.807, 2.05) is 0 Å². The van der Waals surface area contributed by atoms with Crippen molar-refractivity contribution in [3.8, 4) is 5.75 Å². The second kappa shape index (κ2) is 4.39. The van der Waals surface area contributed by atoms with Crippen molar-refractivity contribution < 1.29 is 18.6 Å². The van der Waals surface area contributed by atoms with E-state index in [4.69, 9.17) is 14.2 Å². The SMILES string of the molecule is Fc1cccc(OCC2OCCO2)c1. The highest BCUT2D eigenvalue weighted by molar-refractivity contribution is 5.22. The lowest BCUT2D eigenvalue weighted by Gasteiger charge is -2.10. The molecular weight excluding hydrogens is 187 g/mol. The van der Waals surface area contributed by atoms with Crippen molar-refractivity contribution in [2.75, 3.05) is 19.8 Å². The first kappa shape index (κ1) is 9.43. The quantitative estimate of drug-likeness (QED) is 0.738. The number of rotatable bonds is 3. The summed E-state index contributed by atoms with van der Waals surface area (Å²) in [6.45, 7) is 1.48. The largest absolute Gasteiger partial charge is 0.488 e. The van der Waals surface area contributed by atoms with E-state index < -0.39 is 0 Å². The Balaban J connectivity index is 1.85. The van der Waals surface area contributed by atoms with Gasteiger partial charge >= 0.3 is 0 Å². The highest BCUT2D eigenvalue weighted by atomic mass is 19.1. The van der Waals surface area contributed by atoms with E-state index in [0.29, 0.717) is 25.6 Å². The standard InChI is InChI=1S/C10H11FO3/c11-8-2-1-3-9(6-8)14-7-10-12-4-5-13-10/h1-3,6,10H,4-5,7H2. The highest BCUT2D eigenvalue weighted by Crippen LogP contribution is 2.13. The van der Waals surface area contributed by atoms with Crippen molar-refractivity contribution in [3.05, 3.63) is 30.1 Å². The molecule has 3 nitrogen and oxygen atoms in total. The average Bonchev–Trinajstić information content (AvgIpc) is 2.67. The van der Waals surface area contributed by atoms with Gasteiger partial charge < -0.3 is 14.2 Å². The van der Waals surface area contributed by atoms with Gasteiger partial charge in [-0.05, 0) is 12.1 Å². The molecule has 1 aromatic rings. The maximum Gasteiger partial charge on any atom is 0.191 e. The van der Waals surface area contributed by atoms with Crippen LogP contribution in [0.15, 0.2) is 24.3 Å². The van der Waals surface area contributed by atoms with Crippen molar-refractivity contribution in [2.24, 2.45) is 0 Å². The van der Waals surface area contributed by atoms with Crippen LogP contribution in [0.3, 0.4) is 0 Å². The van der Waals surface area contributed by atoms with Crippen molar-refractivity contribution in [1.29, 1.82) is 0 Å². The smallest absolute Gasteiger partial charge is 0.191 e. The third kappa shape index (κ3) is 2.43. The maximum atomic E-state index is 12.7. The van der Waals surface area contributed by atoms with Gasteiger partial charge in [0.1, 0.15) is 18.2 Å². The molecule has 0 saturated carbocycles. The third-order valence-electron chi connectivity index (χ3n) is 1.87. The van der Waals surface area contributed by atoms with E-state index in [1.165, 1.54) is 12.1 Å². The fraction of sp³-hybridized carbons (Fsp3) is 0.400. The van der Waals surface area contributed by atoms with Crippen LogP contribution < -0.4 is 4.74 Å². The molecule has 0 aromatic heterocycles. The normalized spacial score (nSPS) is 17.2. The molecule has 0 radical (unpaired) electrons. The summed E-state index contributed by atoms with van der Waals surface area (Å²) in [7, 11) is 0. The van der Waals surface area contributed by atoms with Crippen LogP contribution in [0.5, 0.6) is 5.75 Å². The number of benzene rings is 1. The summed E-state index contributed by atoms with van der Waals surface area (Å²) >= 11 is 0. The van der Waals surface area contributed by atoms with Gasteiger partial charge in [-0.3, -0.25) is 0 Å². The fourth-order valence-electron chi connectivity index (χ4n) is 1.22. The summed E-state index contributed by atoms with van der Waals surface area (Å²) in [6.07, 6.45) is -0.321. The van der Waals surface area contributed by atoms with Gasteiger partial charge in [-0.1, -0.05) is 6.07 Å². The second-order valence-electron chi connectivity index (χ2n) is 2.94. The predicted octanol–water partition coefficient (Wildman–Crippen LogP) is 1.58. The summed E-state index contributed by atoms with van der Waals surface area (Å²) in [5.41, 5.74) is 0. The van der Waals surface area contributed by atoms with Gasteiger partial charge in [0.25, 0.3) is 0 Å². The lowest BCUT2D eigenvalue weighted by Crippen LogP contribution is -2.18. The zero-order chi connectivity index (χ0) is 9.80. The van der Waals surface area contributed by atoms with Crippen molar-refractivity contribution in [2.45, 2.75) is 6.29 Å². The predicted molar refractivity (Wildman–Crippen MR) is 47.6 cm³/mol. The molecule has 0 N–H and O–H groups in total. The van der Waals surface area contributed by atoms with Crippen LogP contribution in [-0.4, -0.2) is 26.1 Å². The first-order valence-corrected chi connectivity index (χ1v) is 4.46. The fourth-order valence-corrected chi connectivity index (χ4v) is 1.22. The van der Waals surface area contributed by atoms with E-state index >= 15 is 0 Å². The molecule has 0 aliphatic carbocycles. The van der Waals surface area contributed by atoms with Crippen LogP contribution in [0, 0.1) is 5.82 Å². The Kier molecular flexibility index (Phi) is 2.96. The molecular formula is C10H11FO3. The molecule has 2 rings (SSSR count). The second-order valence-corrected chi connectivity index (χ2v) is 2.94. The van der Waals surface area contributed by atoms with Gasteiger partial charge in [-0.2, -0.15) is 0 Å². The van der Waals surface area contributed by atoms with Crippen LogP contribution in [0.25, 0.3) is 0 Å². The minimum Gasteiger partial charge on any atom is -0.488 e. The van der Waals surface area contributed by atoms with Crippen molar-refractivity contribution in [3.63, 3.8) is 0 Å². The zero-order valence-corrected chi connectivity index (χ0v) is 7.61. The Hall–Kier alpha value is -1.13. The molecule has 1 aliphatic rings. The summed E-state index contributed by atoms with van der Waals surface area (Å²) in [5, 5.41) is 0. The molecule has 0 amide bonds. The molecule has 0 bridgehead atoms. The minimum atomic E-state index is -0.321. The van der Waals surface area contributed by atoms with Gasteiger partial charge in [0.2, 0.25) is 0 Å². The van der Waals surface area contributed by atoms with Crippen LogP contribution >= 0.6 is 0 Å². The van der Waals surface area contributed by atoms with Gasteiger partial charge in [0.05, 0.1) is 13.2 Å². The van der Waals surface area contributed by atoms with E-state index in [1.54, 1.807) is 12.1 Å². The van der Waals surface area contributed by atoms with Crippen LogP contribution in [0.4, 0.5) is 4.39 Å². The Morgan fingerprint density at radius 3 is 2.86 bits per heavy atom. The summed E-state index contributed by atoms with van der Waals surface area (Å²) in [6, 6.07) is 5.99. The van der Waals surface area contributed by atoms with E-state index in [-0.39, 0.29) is 12.1 Å². The number of halogens is 1. The number of hydrogen-bond acceptors (Lipinski definition) is 3. The Bertz CT molecular complexity index is 297. The lowest BCUT2D eigenvalue weighted by molar-refractivity contribution is -0.0684. The molecule has 14 heavy (non-hydrogen) atoms. The molecule has 1 heterocycles. The molecule has 1 saturated heterocycles. The average molecular weight is 198 g/mol. The number of ether oxygens (including phenoxy) is 3. The Morgan fingerprint density at radius 2 is 2.14 bits per heavy atom. The van der Waals surface area contributed by atoms with Gasteiger partial charge in [0, 0.05) is 6.07 Å². The molecule has 0 unspecified atom stereocenters. The Morgan fingerprint density at radius 1 is 1.36 bits per heavy atom. The maximum absolute atomic E-state index is 12.7. The van der Waals surface area contributed by atoms with Gasteiger partial charge in [-0.15, -0.1) is 0 Å². The lowest BCUT2D eigenvalue weighted by atomic mass is 10.3. The summed E-state index contributed by atoms with van der Waals surface area (Å²) in [5.74, 6) is 0.180. The molecule has 0 spiro atoms. The van der Waals surface area contributed by atoms with E-state index in [2.05, 4.69) is 0 Å². The van der Waals surface area contributed by atoms with Gasteiger partial charge in [-0.25, -0.2) is 4.39 Å². The molecule has 0 atom stereocenters. The summed E-state index contributed by atoms with van der Waals surface area (Å²) < 4.78 is 28.3.